The number of hydrogen-bond donors (Lipinski definition) is 0. The first-order chi connectivity index (χ1) is 17.4. The van der Waals surface area contributed by atoms with Gasteiger partial charge in [0.15, 0.2) is 18.1 Å². The lowest BCUT2D eigenvalue weighted by Gasteiger charge is -2.32. The van der Waals surface area contributed by atoms with Crippen molar-refractivity contribution in [2.24, 2.45) is 11.8 Å². The lowest BCUT2D eigenvalue weighted by Crippen LogP contribution is -2.43. The highest BCUT2D eigenvalue weighted by molar-refractivity contribution is 5.99. The number of fused-ring (bicyclic) bond motifs is 1. The largest absolute Gasteiger partial charge is 0.493 e. The first-order valence-corrected chi connectivity index (χ1v) is 12.4. The lowest BCUT2D eigenvalue weighted by molar-refractivity contribution is -0.159. The van der Waals surface area contributed by atoms with Crippen molar-refractivity contribution in [1.82, 2.24) is 4.90 Å². The van der Waals surface area contributed by atoms with Crippen molar-refractivity contribution in [2.75, 3.05) is 39.3 Å². The number of carbonyl (C=O) groups excluding carboxylic acids is 3. The van der Waals surface area contributed by atoms with Gasteiger partial charge >= 0.3 is 5.97 Å². The zero-order valence-electron chi connectivity index (χ0n) is 21.2. The second kappa shape index (κ2) is 11.5. The number of para-hydroxylation sites is 1. The van der Waals surface area contributed by atoms with Crippen molar-refractivity contribution in [3.8, 4) is 11.5 Å². The Balaban J connectivity index is 1.34. The van der Waals surface area contributed by atoms with Crippen LogP contribution in [0.5, 0.6) is 11.5 Å². The Morgan fingerprint density at radius 2 is 1.69 bits per heavy atom. The number of esters is 1. The van der Waals surface area contributed by atoms with Gasteiger partial charge in [-0.05, 0) is 48.6 Å². The number of likely N-dealkylation sites (N-methyl/N-ethyl adjacent to an activating group) is 1. The summed E-state index contributed by atoms with van der Waals surface area (Å²) in [7, 11) is 4.78. The summed E-state index contributed by atoms with van der Waals surface area (Å²) in [5.74, 6) is -0.550. The van der Waals surface area contributed by atoms with E-state index in [9.17, 15) is 14.4 Å². The van der Waals surface area contributed by atoms with E-state index < -0.39 is 17.8 Å². The molecule has 0 radical (unpaired) electrons. The molecule has 0 aromatic heterocycles. The van der Waals surface area contributed by atoms with Crippen LogP contribution in [0, 0.1) is 11.8 Å². The molecule has 8 heteroatoms. The normalized spacial score (nSPS) is 18.8. The summed E-state index contributed by atoms with van der Waals surface area (Å²) >= 11 is 0. The Labute approximate surface area is 212 Å². The van der Waals surface area contributed by atoms with Crippen molar-refractivity contribution in [2.45, 2.75) is 38.6 Å². The van der Waals surface area contributed by atoms with Crippen molar-refractivity contribution < 1.29 is 28.6 Å². The molecule has 0 saturated heterocycles. The van der Waals surface area contributed by atoms with E-state index in [0.29, 0.717) is 37.4 Å². The maximum absolute atomic E-state index is 13.4. The van der Waals surface area contributed by atoms with Gasteiger partial charge in [-0.15, -0.1) is 0 Å². The van der Waals surface area contributed by atoms with Gasteiger partial charge < -0.3 is 24.0 Å². The molecule has 0 spiro atoms. The average molecular weight is 495 g/mol. The molecule has 8 nitrogen and oxygen atoms in total. The second-order valence-corrected chi connectivity index (χ2v) is 9.41. The van der Waals surface area contributed by atoms with Crippen LogP contribution >= 0.6 is 0 Å². The minimum atomic E-state index is -0.525. The first kappa shape index (κ1) is 25.5. The fourth-order valence-corrected chi connectivity index (χ4v) is 5.17. The third kappa shape index (κ3) is 5.48. The van der Waals surface area contributed by atoms with E-state index in [0.717, 1.165) is 36.1 Å². The number of benzene rings is 2. The number of nitrogens with zero attached hydrogens (tertiary/aromatic N) is 2. The Morgan fingerprint density at radius 3 is 2.44 bits per heavy atom. The molecule has 1 aliphatic carbocycles. The summed E-state index contributed by atoms with van der Waals surface area (Å²) in [5, 5.41) is 0. The van der Waals surface area contributed by atoms with Crippen LogP contribution in [-0.4, -0.2) is 57.1 Å². The standard InChI is InChI=1S/C28H34N2O6/c1-29(17-19-12-13-24(34-2)25(16-19)35-3)26(31)18-36-28(33)22-10-6-5-9-21(22)27(32)30-15-14-20-8-4-7-11-23(20)30/h4,7-8,11-13,16,21-22H,5-6,9-10,14-15,17-18H2,1-3H3. The van der Waals surface area contributed by atoms with Crippen LogP contribution in [0.4, 0.5) is 5.69 Å². The molecule has 0 bridgehead atoms. The Hall–Kier alpha value is -3.55. The van der Waals surface area contributed by atoms with Gasteiger partial charge in [0.25, 0.3) is 5.91 Å². The van der Waals surface area contributed by atoms with E-state index >= 15 is 0 Å². The zero-order chi connectivity index (χ0) is 25.7. The third-order valence-electron chi connectivity index (χ3n) is 7.17. The van der Waals surface area contributed by atoms with Crippen LogP contribution < -0.4 is 14.4 Å². The fourth-order valence-electron chi connectivity index (χ4n) is 5.17. The Kier molecular flexibility index (Phi) is 8.13. The van der Waals surface area contributed by atoms with Gasteiger partial charge in [-0.1, -0.05) is 37.1 Å². The molecule has 4 rings (SSSR count). The number of anilines is 1. The van der Waals surface area contributed by atoms with Crippen LogP contribution in [0.2, 0.25) is 0 Å². The first-order valence-electron chi connectivity index (χ1n) is 12.4. The van der Waals surface area contributed by atoms with Crippen LogP contribution in [0.25, 0.3) is 0 Å². The monoisotopic (exact) mass is 494 g/mol. The van der Waals surface area contributed by atoms with Crippen LogP contribution in [-0.2, 0) is 32.1 Å². The molecule has 2 aromatic rings. The number of hydrogen-bond acceptors (Lipinski definition) is 6. The smallest absolute Gasteiger partial charge is 0.310 e. The Bertz CT molecular complexity index is 1120. The number of ether oxygens (including phenoxy) is 3. The van der Waals surface area contributed by atoms with E-state index in [-0.39, 0.29) is 18.4 Å². The molecule has 2 unspecified atom stereocenters. The highest BCUT2D eigenvalue weighted by atomic mass is 16.5. The van der Waals surface area contributed by atoms with Gasteiger partial charge in [0.2, 0.25) is 5.91 Å². The lowest BCUT2D eigenvalue weighted by atomic mass is 9.78. The van der Waals surface area contributed by atoms with Crippen molar-refractivity contribution >= 4 is 23.5 Å². The van der Waals surface area contributed by atoms with Crippen molar-refractivity contribution in [1.29, 1.82) is 0 Å². The van der Waals surface area contributed by atoms with E-state index in [1.807, 2.05) is 41.3 Å². The molecule has 1 fully saturated rings. The third-order valence-corrected chi connectivity index (χ3v) is 7.17. The SMILES string of the molecule is COc1ccc(CN(C)C(=O)COC(=O)C2CCCCC2C(=O)N2CCc3ccccc32)cc1OC. The Morgan fingerprint density at radius 1 is 0.972 bits per heavy atom. The summed E-state index contributed by atoms with van der Waals surface area (Å²) in [5.41, 5.74) is 2.95. The molecule has 2 aliphatic rings. The van der Waals surface area contributed by atoms with E-state index in [1.54, 1.807) is 27.3 Å². The highest BCUT2D eigenvalue weighted by Gasteiger charge is 2.40. The number of methoxy groups -OCH3 is 2. The average Bonchev–Trinajstić information content (AvgIpc) is 3.35. The van der Waals surface area contributed by atoms with Gasteiger partial charge in [0, 0.05) is 25.8 Å². The summed E-state index contributed by atoms with van der Waals surface area (Å²) in [6.07, 6.45) is 3.85. The van der Waals surface area contributed by atoms with Gasteiger partial charge in [0.05, 0.1) is 26.1 Å². The molecule has 192 valence electrons. The van der Waals surface area contributed by atoms with Gasteiger partial charge in [0.1, 0.15) is 0 Å². The van der Waals surface area contributed by atoms with Crippen molar-refractivity contribution in [3.63, 3.8) is 0 Å². The summed E-state index contributed by atoms with van der Waals surface area (Å²) < 4.78 is 16.0. The van der Waals surface area contributed by atoms with Gasteiger partial charge in [-0.2, -0.15) is 0 Å². The molecular formula is C28H34N2O6. The number of rotatable bonds is 8. The summed E-state index contributed by atoms with van der Waals surface area (Å²) in [6.45, 7) is 0.609. The van der Waals surface area contributed by atoms with Crippen LogP contribution in [0.1, 0.15) is 36.8 Å². The van der Waals surface area contributed by atoms with Crippen molar-refractivity contribution in [3.05, 3.63) is 53.6 Å². The molecule has 1 heterocycles. The molecule has 36 heavy (non-hydrogen) atoms. The predicted octanol–water partition coefficient (Wildman–Crippen LogP) is 3.60. The van der Waals surface area contributed by atoms with Crippen LogP contribution in [0.3, 0.4) is 0 Å². The molecule has 1 aliphatic heterocycles. The number of carbonyl (C=O) groups is 3. The number of amides is 2. The topological polar surface area (TPSA) is 85.4 Å². The maximum atomic E-state index is 13.4. The van der Waals surface area contributed by atoms with Crippen LogP contribution in [0.15, 0.2) is 42.5 Å². The fraction of sp³-hybridized carbons (Fsp3) is 0.464. The van der Waals surface area contributed by atoms with E-state index in [1.165, 1.54) is 4.90 Å². The zero-order valence-corrected chi connectivity index (χ0v) is 21.2. The van der Waals surface area contributed by atoms with E-state index in [2.05, 4.69) is 0 Å². The minimum Gasteiger partial charge on any atom is -0.493 e. The quantitative estimate of drug-likeness (QED) is 0.522. The molecule has 1 saturated carbocycles. The summed E-state index contributed by atoms with van der Waals surface area (Å²) in [4.78, 5) is 42.5. The highest BCUT2D eigenvalue weighted by Crippen LogP contribution is 2.36. The molecule has 2 atom stereocenters. The maximum Gasteiger partial charge on any atom is 0.310 e. The van der Waals surface area contributed by atoms with Gasteiger partial charge in [-0.25, -0.2) is 0 Å². The van der Waals surface area contributed by atoms with E-state index in [4.69, 9.17) is 14.2 Å². The molecular weight excluding hydrogens is 460 g/mol. The second-order valence-electron chi connectivity index (χ2n) is 9.41. The summed E-state index contributed by atoms with van der Waals surface area (Å²) in [6, 6.07) is 13.4. The predicted molar refractivity (Wildman–Crippen MR) is 135 cm³/mol. The molecule has 2 amide bonds. The minimum absolute atomic E-state index is 0.0153. The molecule has 2 aromatic carbocycles. The molecule has 0 N–H and O–H groups in total. The van der Waals surface area contributed by atoms with Gasteiger partial charge in [-0.3, -0.25) is 14.4 Å².